The van der Waals surface area contributed by atoms with E-state index in [1.54, 1.807) is 32.0 Å². The average Bonchev–Trinajstić information content (AvgIpc) is 2.47. The van der Waals surface area contributed by atoms with E-state index in [0.29, 0.717) is 12.4 Å². The van der Waals surface area contributed by atoms with Gasteiger partial charge < -0.3 is 10.6 Å². The van der Waals surface area contributed by atoms with Gasteiger partial charge in [-0.3, -0.25) is 10.00 Å². The Balaban J connectivity index is 2.84. The van der Waals surface area contributed by atoms with Gasteiger partial charge in [-0.05, 0) is 0 Å². The van der Waals surface area contributed by atoms with Crippen molar-refractivity contribution in [1.29, 1.82) is 0 Å². The summed E-state index contributed by atoms with van der Waals surface area (Å²) in [6.07, 6.45) is 1.64. The number of urea groups is 1. The summed E-state index contributed by atoms with van der Waals surface area (Å²) in [5.41, 5.74) is 6.32. The summed E-state index contributed by atoms with van der Waals surface area (Å²) >= 11 is 0. The number of rotatable bonds is 2. The zero-order chi connectivity index (χ0) is 10.7. The van der Waals surface area contributed by atoms with Crippen molar-refractivity contribution in [1.82, 2.24) is 14.7 Å². The quantitative estimate of drug-likeness (QED) is 0.699. The van der Waals surface area contributed by atoms with Gasteiger partial charge >= 0.3 is 6.03 Å². The Morgan fingerprint density at radius 3 is 2.86 bits per heavy atom. The number of nitrogens with two attached hydrogens (primary N) is 1. The van der Waals surface area contributed by atoms with E-state index in [1.807, 2.05) is 0 Å². The molecule has 1 heterocycles. The van der Waals surface area contributed by atoms with Gasteiger partial charge in [-0.25, -0.2) is 4.79 Å². The average molecular weight is 197 g/mol. The Labute approximate surface area is 82.7 Å². The van der Waals surface area contributed by atoms with Crippen LogP contribution in [0.5, 0.6) is 0 Å². The molecule has 0 aliphatic carbocycles. The Morgan fingerprint density at radius 1 is 1.71 bits per heavy atom. The van der Waals surface area contributed by atoms with Crippen LogP contribution in [0.4, 0.5) is 10.6 Å². The molecular weight excluding hydrogens is 182 g/mol. The minimum atomic E-state index is -0.191. The molecule has 0 aliphatic heterocycles. The van der Waals surface area contributed by atoms with Crippen LogP contribution in [0.15, 0.2) is 6.20 Å². The van der Waals surface area contributed by atoms with Crippen LogP contribution in [0, 0.1) is 0 Å². The molecule has 6 heteroatoms. The lowest BCUT2D eigenvalue weighted by atomic mass is 10.3. The van der Waals surface area contributed by atoms with Gasteiger partial charge in [-0.1, -0.05) is 0 Å². The second-order valence-electron chi connectivity index (χ2n) is 3.17. The maximum Gasteiger partial charge on any atom is 0.322 e. The van der Waals surface area contributed by atoms with Crippen LogP contribution < -0.4 is 11.1 Å². The van der Waals surface area contributed by atoms with Gasteiger partial charge in [-0.15, -0.1) is 0 Å². The molecule has 14 heavy (non-hydrogen) atoms. The van der Waals surface area contributed by atoms with Crippen LogP contribution in [0.25, 0.3) is 0 Å². The summed E-state index contributed by atoms with van der Waals surface area (Å²) in [5.74, 6) is 0.645. The minimum Gasteiger partial charge on any atom is -0.331 e. The van der Waals surface area contributed by atoms with Crippen molar-refractivity contribution in [3.63, 3.8) is 0 Å². The number of carbonyl (C=O) groups is 1. The van der Waals surface area contributed by atoms with Gasteiger partial charge in [-0.2, -0.15) is 5.10 Å². The van der Waals surface area contributed by atoms with E-state index in [4.69, 9.17) is 5.73 Å². The third kappa shape index (κ3) is 2.02. The molecule has 2 amide bonds. The Hall–Kier alpha value is -1.56. The fourth-order valence-corrected chi connectivity index (χ4v) is 1.01. The van der Waals surface area contributed by atoms with E-state index in [2.05, 4.69) is 10.4 Å². The molecule has 0 aliphatic rings. The first-order chi connectivity index (χ1) is 6.56. The van der Waals surface area contributed by atoms with E-state index in [1.165, 1.54) is 4.90 Å². The molecule has 0 atom stereocenters. The molecule has 1 rings (SSSR count). The van der Waals surface area contributed by atoms with Gasteiger partial charge in [0, 0.05) is 33.3 Å². The smallest absolute Gasteiger partial charge is 0.322 e. The number of aromatic nitrogens is 2. The predicted octanol–water partition coefficient (Wildman–Crippen LogP) is -0.0277. The topological polar surface area (TPSA) is 76.2 Å². The fraction of sp³-hybridized carbons (Fsp3) is 0.500. The SMILES string of the molecule is CN(C)C(=O)Nc1c(CN)cnn1C. The summed E-state index contributed by atoms with van der Waals surface area (Å²) in [5, 5.41) is 6.72. The third-order valence-corrected chi connectivity index (χ3v) is 1.87. The van der Waals surface area contributed by atoms with E-state index in [-0.39, 0.29) is 6.03 Å². The van der Waals surface area contributed by atoms with Crippen LogP contribution in [-0.2, 0) is 13.6 Å². The molecule has 0 bridgehead atoms. The lowest BCUT2D eigenvalue weighted by Crippen LogP contribution is -2.28. The minimum absolute atomic E-state index is 0.191. The molecule has 0 spiro atoms. The van der Waals surface area contributed by atoms with E-state index < -0.39 is 0 Å². The van der Waals surface area contributed by atoms with Gasteiger partial charge in [0.2, 0.25) is 0 Å². The molecule has 0 unspecified atom stereocenters. The van der Waals surface area contributed by atoms with Crippen LogP contribution >= 0.6 is 0 Å². The number of anilines is 1. The van der Waals surface area contributed by atoms with Crippen LogP contribution in [0.1, 0.15) is 5.56 Å². The maximum atomic E-state index is 11.4. The molecule has 0 saturated carbocycles. The maximum absolute atomic E-state index is 11.4. The molecule has 6 nitrogen and oxygen atoms in total. The fourth-order valence-electron chi connectivity index (χ4n) is 1.01. The first-order valence-electron chi connectivity index (χ1n) is 4.25. The molecule has 1 aromatic rings. The number of nitrogens with zero attached hydrogens (tertiary/aromatic N) is 3. The van der Waals surface area contributed by atoms with Crippen molar-refractivity contribution < 1.29 is 4.79 Å². The van der Waals surface area contributed by atoms with Crippen molar-refractivity contribution in [3.8, 4) is 0 Å². The normalized spacial score (nSPS) is 10.0. The van der Waals surface area contributed by atoms with Crippen molar-refractivity contribution in [2.24, 2.45) is 12.8 Å². The molecule has 0 saturated heterocycles. The highest BCUT2D eigenvalue weighted by Gasteiger charge is 2.11. The standard InChI is InChI=1S/C8H15N5O/c1-12(2)8(14)11-7-6(4-9)5-10-13(7)3/h5H,4,9H2,1-3H3,(H,11,14). The number of carbonyl (C=O) groups excluding carboxylic acids is 1. The summed E-state index contributed by atoms with van der Waals surface area (Å²) in [4.78, 5) is 12.8. The van der Waals surface area contributed by atoms with Crippen LogP contribution in [0.3, 0.4) is 0 Å². The summed E-state index contributed by atoms with van der Waals surface area (Å²) in [6.45, 7) is 0.358. The van der Waals surface area contributed by atoms with Crippen LogP contribution in [-0.4, -0.2) is 34.8 Å². The highest BCUT2D eigenvalue weighted by Crippen LogP contribution is 2.12. The van der Waals surface area contributed by atoms with Gasteiger partial charge in [0.15, 0.2) is 0 Å². The second kappa shape index (κ2) is 4.10. The molecule has 3 N–H and O–H groups in total. The van der Waals surface area contributed by atoms with Gasteiger partial charge in [0.25, 0.3) is 0 Å². The summed E-state index contributed by atoms with van der Waals surface area (Å²) in [6, 6.07) is -0.191. The zero-order valence-corrected chi connectivity index (χ0v) is 8.61. The van der Waals surface area contributed by atoms with Crippen molar-refractivity contribution in [3.05, 3.63) is 11.8 Å². The molecule has 0 fully saturated rings. The van der Waals surface area contributed by atoms with Crippen molar-refractivity contribution in [2.45, 2.75) is 6.54 Å². The second-order valence-corrected chi connectivity index (χ2v) is 3.17. The summed E-state index contributed by atoms with van der Waals surface area (Å²) < 4.78 is 1.59. The number of nitrogens with one attached hydrogen (secondary N) is 1. The van der Waals surface area contributed by atoms with Gasteiger partial charge in [0.05, 0.1) is 6.20 Å². The number of hydrogen-bond donors (Lipinski definition) is 2. The molecule has 78 valence electrons. The highest BCUT2D eigenvalue weighted by molar-refractivity contribution is 5.88. The Morgan fingerprint density at radius 2 is 2.36 bits per heavy atom. The number of aryl methyl sites for hydroxylation is 1. The lowest BCUT2D eigenvalue weighted by Gasteiger charge is -2.12. The Bertz CT molecular complexity index is 330. The van der Waals surface area contributed by atoms with E-state index in [9.17, 15) is 4.79 Å². The first kappa shape index (κ1) is 10.5. The number of hydrogen-bond acceptors (Lipinski definition) is 3. The number of amides is 2. The molecular formula is C8H15N5O. The van der Waals surface area contributed by atoms with Crippen molar-refractivity contribution in [2.75, 3.05) is 19.4 Å². The van der Waals surface area contributed by atoms with Crippen LogP contribution in [0.2, 0.25) is 0 Å². The first-order valence-corrected chi connectivity index (χ1v) is 4.25. The largest absolute Gasteiger partial charge is 0.331 e. The van der Waals surface area contributed by atoms with Gasteiger partial charge in [0.1, 0.15) is 5.82 Å². The predicted molar refractivity (Wildman–Crippen MR) is 53.8 cm³/mol. The Kier molecular flexibility index (Phi) is 3.08. The third-order valence-electron chi connectivity index (χ3n) is 1.87. The monoisotopic (exact) mass is 197 g/mol. The summed E-state index contributed by atoms with van der Waals surface area (Å²) in [7, 11) is 5.10. The lowest BCUT2D eigenvalue weighted by molar-refractivity contribution is 0.230. The highest BCUT2D eigenvalue weighted by atomic mass is 16.2. The molecule has 0 aromatic carbocycles. The van der Waals surface area contributed by atoms with Crippen molar-refractivity contribution >= 4 is 11.8 Å². The van der Waals surface area contributed by atoms with E-state index in [0.717, 1.165) is 5.56 Å². The molecule has 1 aromatic heterocycles. The van der Waals surface area contributed by atoms with E-state index >= 15 is 0 Å². The molecule has 0 radical (unpaired) electrons. The zero-order valence-electron chi connectivity index (χ0n) is 8.61.